The first-order valence-electron chi connectivity index (χ1n) is 7.12. The van der Waals surface area contributed by atoms with E-state index in [1.165, 1.54) is 18.5 Å². The molecule has 1 aliphatic heterocycles. The molecule has 1 aromatic heterocycles. The van der Waals surface area contributed by atoms with Crippen LogP contribution in [0.15, 0.2) is 12.5 Å². The topological polar surface area (TPSA) is 56.2 Å². The Kier molecular flexibility index (Phi) is 4.96. The van der Waals surface area contributed by atoms with Crippen LogP contribution in [0.2, 0.25) is 0 Å². The van der Waals surface area contributed by atoms with Gasteiger partial charge in [-0.25, -0.2) is 4.98 Å². The first-order chi connectivity index (χ1) is 9.20. The van der Waals surface area contributed by atoms with Crippen molar-refractivity contribution < 1.29 is 9.53 Å². The van der Waals surface area contributed by atoms with Gasteiger partial charge in [0.25, 0.3) is 0 Å². The molecule has 5 nitrogen and oxygen atoms in total. The predicted octanol–water partition coefficient (Wildman–Crippen LogP) is 2.04. The highest BCUT2D eigenvalue weighted by Crippen LogP contribution is 2.25. The van der Waals surface area contributed by atoms with Crippen LogP contribution in [0.25, 0.3) is 0 Å². The van der Waals surface area contributed by atoms with Gasteiger partial charge in [-0.2, -0.15) is 0 Å². The van der Waals surface area contributed by atoms with Crippen molar-refractivity contribution in [1.29, 1.82) is 0 Å². The molecule has 2 atom stereocenters. The van der Waals surface area contributed by atoms with Gasteiger partial charge in [0.2, 0.25) is 0 Å². The number of aryl methyl sites for hydroxylation is 1. The van der Waals surface area contributed by atoms with E-state index >= 15 is 0 Å². The molecule has 0 aliphatic carbocycles. The minimum Gasteiger partial charge on any atom is -0.466 e. The van der Waals surface area contributed by atoms with E-state index in [4.69, 9.17) is 4.74 Å². The van der Waals surface area contributed by atoms with Crippen molar-refractivity contribution in [2.45, 2.75) is 58.2 Å². The van der Waals surface area contributed by atoms with Gasteiger partial charge in [-0.05, 0) is 33.1 Å². The Morgan fingerprint density at radius 1 is 1.58 bits per heavy atom. The van der Waals surface area contributed by atoms with E-state index in [0.717, 1.165) is 6.42 Å². The number of imidazole rings is 1. The van der Waals surface area contributed by atoms with E-state index < -0.39 is 0 Å². The summed E-state index contributed by atoms with van der Waals surface area (Å²) in [5, 5.41) is 3.59. The Bertz CT molecular complexity index is 417. The minimum absolute atomic E-state index is 0.146. The number of rotatable bonds is 5. The summed E-state index contributed by atoms with van der Waals surface area (Å²) in [6.45, 7) is 5.12. The number of nitrogens with one attached hydrogen (secondary N) is 1. The predicted molar refractivity (Wildman–Crippen MR) is 72.7 cm³/mol. The molecule has 1 aliphatic rings. The van der Waals surface area contributed by atoms with Gasteiger partial charge in [-0.1, -0.05) is 0 Å². The molecule has 106 valence electrons. The lowest BCUT2D eigenvalue weighted by Gasteiger charge is -2.29. The summed E-state index contributed by atoms with van der Waals surface area (Å²) in [4.78, 5) is 15.6. The number of hydrogen-bond donors (Lipinski definition) is 1. The lowest BCUT2D eigenvalue weighted by atomic mass is 9.97. The molecule has 5 heteroatoms. The second-order valence-corrected chi connectivity index (χ2v) is 5.12. The summed E-state index contributed by atoms with van der Waals surface area (Å²) in [5.41, 5.74) is 1.18. The lowest BCUT2D eigenvalue weighted by Crippen LogP contribution is -2.35. The fourth-order valence-electron chi connectivity index (χ4n) is 2.62. The van der Waals surface area contributed by atoms with Gasteiger partial charge in [0, 0.05) is 24.8 Å². The molecule has 2 rings (SSSR count). The van der Waals surface area contributed by atoms with Crippen LogP contribution in [0, 0.1) is 0 Å². The second-order valence-electron chi connectivity index (χ2n) is 5.12. The molecule has 1 saturated heterocycles. The smallest absolute Gasteiger partial charge is 0.307 e. The molecule has 0 spiro atoms. The Balaban J connectivity index is 1.95. The molecule has 0 saturated carbocycles. The third-order valence-electron chi connectivity index (χ3n) is 3.58. The molecule has 19 heavy (non-hydrogen) atoms. The minimum atomic E-state index is -0.146. The highest BCUT2D eigenvalue weighted by Gasteiger charge is 2.22. The van der Waals surface area contributed by atoms with Crippen molar-refractivity contribution in [3.05, 3.63) is 18.2 Å². The first-order valence-corrected chi connectivity index (χ1v) is 7.12. The average Bonchev–Trinajstić information content (AvgIpc) is 2.85. The van der Waals surface area contributed by atoms with Gasteiger partial charge < -0.3 is 14.6 Å². The molecule has 1 aromatic rings. The van der Waals surface area contributed by atoms with Crippen molar-refractivity contribution in [1.82, 2.24) is 14.9 Å². The number of hydrogen-bond acceptors (Lipinski definition) is 4. The maximum absolute atomic E-state index is 11.4. The second kappa shape index (κ2) is 6.70. The lowest BCUT2D eigenvalue weighted by molar-refractivity contribution is -0.143. The highest BCUT2D eigenvalue weighted by molar-refractivity contribution is 5.69. The normalized spacial score (nSPS) is 23.3. The molecule has 0 radical (unpaired) electrons. The van der Waals surface area contributed by atoms with E-state index in [1.807, 2.05) is 13.1 Å². The van der Waals surface area contributed by atoms with Crippen LogP contribution in [0.4, 0.5) is 0 Å². The summed E-state index contributed by atoms with van der Waals surface area (Å²) in [6, 6.07) is 0.903. The van der Waals surface area contributed by atoms with E-state index in [1.54, 1.807) is 6.33 Å². The fourth-order valence-corrected chi connectivity index (χ4v) is 2.62. The van der Waals surface area contributed by atoms with Crippen molar-refractivity contribution in [2.75, 3.05) is 6.61 Å². The fraction of sp³-hybridized carbons (Fsp3) is 0.714. The van der Waals surface area contributed by atoms with E-state index in [0.29, 0.717) is 31.7 Å². The van der Waals surface area contributed by atoms with E-state index in [2.05, 4.69) is 21.8 Å². The zero-order valence-corrected chi connectivity index (χ0v) is 11.8. The van der Waals surface area contributed by atoms with Gasteiger partial charge in [0.05, 0.1) is 25.0 Å². The van der Waals surface area contributed by atoms with Gasteiger partial charge in [-0.3, -0.25) is 4.79 Å². The molecule has 1 fully saturated rings. The third kappa shape index (κ3) is 3.80. The number of carbonyl (C=O) groups is 1. The maximum atomic E-state index is 11.4. The molecule has 2 unspecified atom stereocenters. The van der Waals surface area contributed by atoms with Crippen LogP contribution in [-0.2, 0) is 16.1 Å². The molecular formula is C14H23N3O2. The van der Waals surface area contributed by atoms with Gasteiger partial charge >= 0.3 is 5.97 Å². The average molecular weight is 265 g/mol. The van der Waals surface area contributed by atoms with Gasteiger partial charge in [0.15, 0.2) is 0 Å². The van der Waals surface area contributed by atoms with Crippen molar-refractivity contribution in [3.63, 3.8) is 0 Å². The summed E-state index contributed by atoms with van der Waals surface area (Å²) in [7, 11) is 0. The summed E-state index contributed by atoms with van der Waals surface area (Å²) in [5.74, 6) is -0.146. The number of nitrogens with zero attached hydrogens (tertiary/aromatic N) is 2. The molecule has 0 aromatic carbocycles. The molecule has 1 N–H and O–H groups in total. The Morgan fingerprint density at radius 2 is 2.42 bits per heavy atom. The monoisotopic (exact) mass is 265 g/mol. The largest absolute Gasteiger partial charge is 0.466 e. The number of carbonyl (C=O) groups excluding carboxylic acids is 1. The van der Waals surface area contributed by atoms with Crippen molar-refractivity contribution in [3.8, 4) is 0 Å². The Hall–Kier alpha value is -1.36. The standard InChI is InChI=1S/C14H23N3O2/c1-3-19-14(18)7-8-17-10-15-9-13(17)12-6-4-5-11(2)16-12/h9-12,16H,3-8H2,1-2H3. The van der Waals surface area contributed by atoms with Gasteiger partial charge in [-0.15, -0.1) is 0 Å². The summed E-state index contributed by atoms with van der Waals surface area (Å²) in [6.07, 6.45) is 7.71. The zero-order valence-electron chi connectivity index (χ0n) is 11.8. The molecule has 0 amide bonds. The van der Waals surface area contributed by atoms with E-state index in [-0.39, 0.29) is 5.97 Å². The quantitative estimate of drug-likeness (QED) is 0.828. The zero-order chi connectivity index (χ0) is 13.7. The highest BCUT2D eigenvalue weighted by atomic mass is 16.5. The van der Waals surface area contributed by atoms with E-state index in [9.17, 15) is 4.79 Å². The van der Waals surface area contributed by atoms with Crippen LogP contribution in [0.1, 0.15) is 51.3 Å². The van der Waals surface area contributed by atoms with Gasteiger partial charge in [0.1, 0.15) is 0 Å². The SMILES string of the molecule is CCOC(=O)CCn1cncc1C1CCCC(C)N1. The van der Waals surface area contributed by atoms with Crippen LogP contribution < -0.4 is 5.32 Å². The van der Waals surface area contributed by atoms with Crippen molar-refractivity contribution >= 4 is 5.97 Å². The summed E-state index contributed by atoms with van der Waals surface area (Å²) >= 11 is 0. The number of esters is 1. The van der Waals surface area contributed by atoms with Crippen LogP contribution >= 0.6 is 0 Å². The summed E-state index contributed by atoms with van der Waals surface area (Å²) < 4.78 is 7.02. The van der Waals surface area contributed by atoms with Crippen LogP contribution in [0.3, 0.4) is 0 Å². The maximum Gasteiger partial charge on any atom is 0.307 e. The number of ether oxygens (including phenoxy) is 1. The first kappa shape index (κ1) is 14.1. The van der Waals surface area contributed by atoms with Crippen molar-refractivity contribution in [2.24, 2.45) is 0 Å². The Labute approximate surface area is 114 Å². The Morgan fingerprint density at radius 3 is 3.16 bits per heavy atom. The molecule has 2 heterocycles. The van der Waals surface area contributed by atoms with Crippen LogP contribution in [-0.4, -0.2) is 28.2 Å². The van der Waals surface area contributed by atoms with Crippen LogP contribution in [0.5, 0.6) is 0 Å². The number of aromatic nitrogens is 2. The molecular weight excluding hydrogens is 242 g/mol. The molecule has 0 bridgehead atoms. The number of piperidine rings is 1. The third-order valence-corrected chi connectivity index (χ3v) is 3.58.